The SMILES string of the molecule is Cc1ncn(-c2ccc(Nc3ncc4ccnc(-c5cn[nH]c5)c4n3)cc2)n1. The molecule has 4 aromatic heterocycles. The molecular formula is C19H15N9. The van der Waals surface area contributed by atoms with Crippen LogP contribution in [0, 0.1) is 6.92 Å². The van der Waals surface area contributed by atoms with Gasteiger partial charge in [-0.25, -0.2) is 19.6 Å². The number of pyridine rings is 1. The highest BCUT2D eigenvalue weighted by Crippen LogP contribution is 2.25. The molecule has 0 spiro atoms. The maximum atomic E-state index is 4.66. The molecule has 0 atom stereocenters. The summed E-state index contributed by atoms with van der Waals surface area (Å²) in [6.07, 6.45) is 8.73. The normalized spacial score (nSPS) is 11.0. The monoisotopic (exact) mass is 369 g/mol. The van der Waals surface area contributed by atoms with Crippen LogP contribution < -0.4 is 5.32 Å². The van der Waals surface area contributed by atoms with Gasteiger partial charge in [-0.3, -0.25) is 10.1 Å². The lowest BCUT2D eigenvalue weighted by Gasteiger charge is -2.08. The van der Waals surface area contributed by atoms with Gasteiger partial charge in [0, 0.05) is 35.2 Å². The molecule has 0 amide bonds. The van der Waals surface area contributed by atoms with Crippen molar-refractivity contribution >= 4 is 22.5 Å². The molecule has 0 saturated heterocycles. The average molecular weight is 369 g/mol. The van der Waals surface area contributed by atoms with E-state index in [4.69, 9.17) is 0 Å². The molecule has 1 aromatic carbocycles. The minimum Gasteiger partial charge on any atom is -0.324 e. The Kier molecular flexibility index (Phi) is 3.75. The number of hydrogen-bond donors (Lipinski definition) is 2. The van der Waals surface area contributed by atoms with Gasteiger partial charge in [0.2, 0.25) is 5.95 Å². The van der Waals surface area contributed by atoms with E-state index in [0.29, 0.717) is 5.95 Å². The number of rotatable bonds is 4. The fourth-order valence-corrected chi connectivity index (χ4v) is 2.90. The van der Waals surface area contributed by atoms with Gasteiger partial charge in [0.05, 0.1) is 17.6 Å². The molecule has 136 valence electrons. The highest BCUT2D eigenvalue weighted by atomic mass is 15.3. The van der Waals surface area contributed by atoms with E-state index >= 15 is 0 Å². The van der Waals surface area contributed by atoms with E-state index < -0.39 is 0 Å². The molecular weight excluding hydrogens is 354 g/mol. The van der Waals surface area contributed by atoms with Gasteiger partial charge >= 0.3 is 0 Å². The molecule has 0 radical (unpaired) electrons. The van der Waals surface area contributed by atoms with Gasteiger partial charge in [-0.2, -0.15) is 10.2 Å². The Labute approximate surface area is 159 Å². The lowest BCUT2D eigenvalue weighted by Crippen LogP contribution is -1.99. The number of benzene rings is 1. The van der Waals surface area contributed by atoms with E-state index in [1.165, 1.54) is 0 Å². The van der Waals surface area contributed by atoms with Crippen molar-refractivity contribution in [1.82, 2.24) is 39.9 Å². The summed E-state index contributed by atoms with van der Waals surface area (Å²) in [4.78, 5) is 17.7. The van der Waals surface area contributed by atoms with Crippen molar-refractivity contribution in [2.45, 2.75) is 6.92 Å². The fraction of sp³-hybridized carbons (Fsp3) is 0.0526. The average Bonchev–Trinajstić information content (AvgIpc) is 3.40. The first-order valence-electron chi connectivity index (χ1n) is 8.63. The Morgan fingerprint density at radius 2 is 1.89 bits per heavy atom. The summed E-state index contributed by atoms with van der Waals surface area (Å²) in [5.74, 6) is 1.23. The zero-order valence-corrected chi connectivity index (χ0v) is 14.9. The standard InChI is InChI=1S/C19H15N9/c1-12-22-11-28(27-12)16-4-2-15(3-5-16)25-19-21-8-13-6-7-20-17(18(13)26-19)14-9-23-24-10-14/h2-11H,1H3,(H,23,24)(H,21,25,26). The quantitative estimate of drug-likeness (QED) is 0.501. The molecule has 0 aliphatic carbocycles. The van der Waals surface area contributed by atoms with E-state index in [1.807, 2.05) is 37.3 Å². The van der Waals surface area contributed by atoms with E-state index in [0.717, 1.165) is 39.4 Å². The molecule has 5 aromatic rings. The lowest BCUT2D eigenvalue weighted by atomic mass is 10.1. The highest BCUT2D eigenvalue weighted by molar-refractivity contribution is 5.91. The topological polar surface area (TPSA) is 110 Å². The molecule has 0 fully saturated rings. The van der Waals surface area contributed by atoms with Gasteiger partial charge < -0.3 is 5.32 Å². The molecule has 4 heterocycles. The Morgan fingerprint density at radius 3 is 2.64 bits per heavy atom. The lowest BCUT2D eigenvalue weighted by molar-refractivity contribution is 0.863. The minimum absolute atomic E-state index is 0.495. The van der Waals surface area contributed by atoms with Crippen LogP contribution in [0.1, 0.15) is 5.82 Å². The Bertz CT molecular complexity index is 1240. The van der Waals surface area contributed by atoms with Crippen LogP contribution in [0.3, 0.4) is 0 Å². The highest BCUT2D eigenvalue weighted by Gasteiger charge is 2.10. The molecule has 9 nitrogen and oxygen atoms in total. The van der Waals surface area contributed by atoms with Crippen LogP contribution in [-0.2, 0) is 0 Å². The third-order valence-corrected chi connectivity index (χ3v) is 4.27. The molecule has 0 aliphatic heterocycles. The maximum Gasteiger partial charge on any atom is 0.227 e. The van der Waals surface area contributed by atoms with E-state index in [-0.39, 0.29) is 0 Å². The van der Waals surface area contributed by atoms with Crippen LogP contribution in [0.4, 0.5) is 11.6 Å². The summed E-state index contributed by atoms with van der Waals surface area (Å²) < 4.78 is 1.73. The van der Waals surface area contributed by atoms with Crippen molar-refractivity contribution in [2.75, 3.05) is 5.32 Å². The largest absolute Gasteiger partial charge is 0.324 e. The second-order valence-corrected chi connectivity index (χ2v) is 6.19. The van der Waals surface area contributed by atoms with Crippen LogP contribution in [-0.4, -0.2) is 39.9 Å². The van der Waals surface area contributed by atoms with Crippen molar-refractivity contribution in [3.8, 4) is 16.9 Å². The van der Waals surface area contributed by atoms with Gasteiger partial charge in [-0.05, 0) is 37.3 Å². The van der Waals surface area contributed by atoms with E-state index in [9.17, 15) is 0 Å². The molecule has 0 bridgehead atoms. The van der Waals surface area contributed by atoms with Gasteiger partial charge in [0.25, 0.3) is 0 Å². The molecule has 0 unspecified atom stereocenters. The molecule has 2 N–H and O–H groups in total. The zero-order chi connectivity index (χ0) is 18.9. The second kappa shape index (κ2) is 6.54. The van der Waals surface area contributed by atoms with Gasteiger partial charge in [0.15, 0.2) is 0 Å². The molecule has 28 heavy (non-hydrogen) atoms. The molecule has 5 rings (SSSR count). The third-order valence-electron chi connectivity index (χ3n) is 4.27. The molecule has 0 saturated carbocycles. The Morgan fingerprint density at radius 1 is 1.00 bits per heavy atom. The zero-order valence-electron chi connectivity index (χ0n) is 14.9. The maximum absolute atomic E-state index is 4.66. The van der Waals surface area contributed by atoms with E-state index in [2.05, 4.69) is 40.5 Å². The Balaban J connectivity index is 1.46. The van der Waals surface area contributed by atoms with Crippen LogP contribution in [0.25, 0.3) is 27.8 Å². The predicted octanol–water partition coefficient (Wildman–Crippen LogP) is 3.05. The predicted molar refractivity (Wildman–Crippen MR) is 104 cm³/mol. The summed E-state index contributed by atoms with van der Waals surface area (Å²) in [6.45, 7) is 1.86. The summed E-state index contributed by atoms with van der Waals surface area (Å²) in [7, 11) is 0. The summed E-state index contributed by atoms with van der Waals surface area (Å²) >= 11 is 0. The van der Waals surface area contributed by atoms with Crippen LogP contribution in [0.15, 0.2) is 61.4 Å². The molecule has 0 aliphatic rings. The van der Waals surface area contributed by atoms with Crippen molar-refractivity contribution in [3.05, 3.63) is 67.3 Å². The number of aryl methyl sites for hydroxylation is 1. The number of nitrogens with zero attached hydrogens (tertiary/aromatic N) is 7. The first-order valence-corrected chi connectivity index (χ1v) is 8.63. The van der Waals surface area contributed by atoms with Gasteiger partial charge in [0.1, 0.15) is 17.7 Å². The van der Waals surface area contributed by atoms with Crippen molar-refractivity contribution < 1.29 is 0 Å². The fourth-order valence-electron chi connectivity index (χ4n) is 2.90. The Hall–Kier alpha value is -4.14. The first kappa shape index (κ1) is 16.1. The minimum atomic E-state index is 0.495. The van der Waals surface area contributed by atoms with Crippen molar-refractivity contribution in [3.63, 3.8) is 0 Å². The second-order valence-electron chi connectivity index (χ2n) is 6.19. The van der Waals surface area contributed by atoms with Crippen molar-refractivity contribution in [2.24, 2.45) is 0 Å². The number of aromatic nitrogens is 8. The summed E-state index contributed by atoms with van der Waals surface area (Å²) in [6, 6.07) is 9.68. The first-order chi connectivity index (χ1) is 13.8. The number of fused-ring (bicyclic) bond motifs is 1. The number of aromatic amines is 1. The van der Waals surface area contributed by atoms with Crippen LogP contribution >= 0.6 is 0 Å². The number of hydrogen-bond acceptors (Lipinski definition) is 7. The third kappa shape index (κ3) is 2.94. The van der Waals surface area contributed by atoms with Gasteiger partial charge in [-0.15, -0.1) is 0 Å². The van der Waals surface area contributed by atoms with E-state index in [1.54, 1.807) is 35.8 Å². The summed E-state index contributed by atoms with van der Waals surface area (Å²) in [5.41, 5.74) is 4.19. The van der Waals surface area contributed by atoms with Crippen LogP contribution in [0.2, 0.25) is 0 Å². The number of nitrogens with one attached hydrogen (secondary N) is 2. The molecule has 9 heteroatoms. The van der Waals surface area contributed by atoms with Crippen molar-refractivity contribution in [1.29, 1.82) is 0 Å². The number of anilines is 2. The smallest absolute Gasteiger partial charge is 0.227 e. The van der Waals surface area contributed by atoms with Gasteiger partial charge in [-0.1, -0.05) is 0 Å². The summed E-state index contributed by atoms with van der Waals surface area (Å²) in [5, 5.41) is 15.3. The van der Waals surface area contributed by atoms with Crippen LogP contribution in [0.5, 0.6) is 0 Å². The number of H-pyrrole nitrogens is 1.